The molecular weight excluding hydrogens is 321 g/mol. The van der Waals surface area contributed by atoms with E-state index in [4.69, 9.17) is 18.0 Å². The Balaban J connectivity index is 2.28. The monoisotopic (exact) mass is 332 g/mol. The third kappa shape index (κ3) is 3.88. The number of thiocarbonyl (C=S) groups is 1. The lowest BCUT2D eigenvalue weighted by atomic mass is 10.2. The van der Waals surface area contributed by atoms with Crippen LogP contribution in [-0.2, 0) is 12.7 Å². The number of anilines is 1. The maximum absolute atomic E-state index is 12.7. The lowest BCUT2D eigenvalue weighted by Gasteiger charge is -2.12. The second kappa shape index (κ2) is 5.94. The highest BCUT2D eigenvalue weighted by atomic mass is 32.1. The van der Waals surface area contributed by atoms with Crippen molar-refractivity contribution in [3.05, 3.63) is 39.5 Å². The first-order chi connectivity index (χ1) is 9.77. The van der Waals surface area contributed by atoms with Gasteiger partial charge in [0.25, 0.3) is 0 Å². The van der Waals surface area contributed by atoms with Gasteiger partial charge in [-0.3, -0.25) is 0 Å². The van der Waals surface area contributed by atoms with Gasteiger partial charge < -0.3 is 11.1 Å². The molecule has 9 heteroatoms. The van der Waals surface area contributed by atoms with Crippen molar-refractivity contribution >= 4 is 34.4 Å². The van der Waals surface area contributed by atoms with Gasteiger partial charge in [-0.25, -0.2) is 9.97 Å². The van der Waals surface area contributed by atoms with Crippen molar-refractivity contribution in [3.63, 3.8) is 0 Å². The molecule has 2 heterocycles. The predicted molar refractivity (Wildman–Crippen MR) is 79.3 cm³/mol. The molecule has 2 aromatic heterocycles. The molecule has 3 N–H and O–H groups in total. The van der Waals surface area contributed by atoms with Crippen LogP contribution in [0, 0.1) is 6.92 Å². The molecule has 0 amide bonds. The van der Waals surface area contributed by atoms with E-state index in [1.807, 2.05) is 6.92 Å². The minimum atomic E-state index is -4.52. The van der Waals surface area contributed by atoms with E-state index in [2.05, 4.69) is 15.3 Å². The number of hydrogen-bond acceptors (Lipinski definition) is 5. The number of nitrogens with zero attached hydrogens (tertiary/aromatic N) is 2. The van der Waals surface area contributed by atoms with Crippen LogP contribution in [-0.4, -0.2) is 15.0 Å². The van der Waals surface area contributed by atoms with Crippen molar-refractivity contribution in [2.75, 3.05) is 5.32 Å². The Labute approximate surface area is 128 Å². The van der Waals surface area contributed by atoms with E-state index < -0.39 is 11.9 Å². The van der Waals surface area contributed by atoms with E-state index in [9.17, 15) is 13.2 Å². The standard InChI is InChI=1S/C12H11F3N4S2/c1-6-17-4-7(21-6)5-18-11-8(10(16)20)2-3-9(19-11)12(13,14)15/h2-4H,5H2,1H3,(H2,16,20)(H,18,19). The Hall–Kier alpha value is -1.74. The van der Waals surface area contributed by atoms with Gasteiger partial charge in [-0.2, -0.15) is 13.2 Å². The first-order valence-electron chi connectivity index (χ1n) is 5.80. The molecule has 0 atom stereocenters. The Bertz CT molecular complexity index is 667. The number of thiazole rings is 1. The summed E-state index contributed by atoms with van der Waals surface area (Å²) in [6.45, 7) is 2.15. The highest BCUT2D eigenvalue weighted by Crippen LogP contribution is 2.29. The molecule has 0 unspecified atom stereocenters. The van der Waals surface area contributed by atoms with Crippen LogP contribution < -0.4 is 11.1 Å². The van der Waals surface area contributed by atoms with Crippen molar-refractivity contribution in [2.45, 2.75) is 19.6 Å². The summed E-state index contributed by atoms with van der Waals surface area (Å²) in [5.41, 5.74) is 4.79. The fraction of sp³-hybridized carbons (Fsp3) is 0.250. The lowest BCUT2D eigenvalue weighted by molar-refractivity contribution is -0.141. The molecule has 0 aliphatic carbocycles. The summed E-state index contributed by atoms with van der Waals surface area (Å²) in [7, 11) is 0. The molecule has 0 saturated carbocycles. The number of nitrogens with two attached hydrogens (primary N) is 1. The molecule has 0 bridgehead atoms. The average Bonchev–Trinajstić information content (AvgIpc) is 2.80. The first-order valence-corrected chi connectivity index (χ1v) is 7.03. The number of halogens is 3. The zero-order valence-corrected chi connectivity index (χ0v) is 12.5. The highest BCUT2D eigenvalue weighted by molar-refractivity contribution is 7.80. The molecule has 112 valence electrons. The van der Waals surface area contributed by atoms with Crippen molar-refractivity contribution < 1.29 is 13.2 Å². The van der Waals surface area contributed by atoms with Gasteiger partial charge in [0.1, 0.15) is 16.5 Å². The first kappa shape index (κ1) is 15.6. The molecule has 4 nitrogen and oxygen atoms in total. The molecule has 0 spiro atoms. The van der Waals surface area contributed by atoms with Crippen LogP contribution in [0.5, 0.6) is 0 Å². The van der Waals surface area contributed by atoms with E-state index in [0.717, 1.165) is 16.0 Å². The number of aromatic nitrogens is 2. The summed E-state index contributed by atoms with van der Waals surface area (Å²) in [4.78, 5) is 8.50. The van der Waals surface area contributed by atoms with E-state index >= 15 is 0 Å². The summed E-state index contributed by atoms with van der Waals surface area (Å²) >= 11 is 6.27. The van der Waals surface area contributed by atoms with Crippen LogP contribution in [0.15, 0.2) is 18.3 Å². The Morgan fingerprint density at radius 2 is 2.14 bits per heavy atom. The summed E-state index contributed by atoms with van der Waals surface area (Å²) in [5, 5.41) is 3.70. The van der Waals surface area contributed by atoms with E-state index in [1.54, 1.807) is 6.20 Å². The molecular formula is C12H11F3N4S2. The van der Waals surface area contributed by atoms with Crippen LogP contribution >= 0.6 is 23.6 Å². The average molecular weight is 332 g/mol. The lowest BCUT2D eigenvalue weighted by Crippen LogP contribution is -2.17. The number of aryl methyl sites for hydroxylation is 1. The molecule has 0 fully saturated rings. The quantitative estimate of drug-likeness (QED) is 0.842. The molecule has 0 aliphatic rings. The number of nitrogens with one attached hydrogen (secondary N) is 1. The molecule has 0 saturated heterocycles. The van der Waals surface area contributed by atoms with Crippen LogP contribution in [0.25, 0.3) is 0 Å². The fourth-order valence-electron chi connectivity index (χ4n) is 1.61. The second-order valence-electron chi connectivity index (χ2n) is 4.15. The van der Waals surface area contributed by atoms with Gasteiger partial charge in [0.15, 0.2) is 0 Å². The number of alkyl halides is 3. The maximum atomic E-state index is 12.7. The van der Waals surface area contributed by atoms with Gasteiger partial charge in [0.2, 0.25) is 0 Å². The summed E-state index contributed by atoms with van der Waals surface area (Å²) in [6, 6.07) is 2.08. The van der Waals surface area contributed by atoms with E-state index in [0.29, 0.717) is 6.54 Å². The van der Waals surface area contributed by atoms with Gasteiger partial charge in [-0.05, 0) is 19.1 Å². The smallest absolute Gasteiger partial charge is 0.389 e. The second-order valence-corrected chi connectivity index (χ2v) is 5.91. The minimum absolute atomic E-state index is 0.0146. The molecule has 2 rings (SSSR count). The Kier molecular flexibility index (Phi) is 4.43. The highest BCUT2D eigenvalue weighted by Gasteiger charge is 2.33. The Morgan fingerprint density at radius 3 is 2.67 bits per heavy atom. The number of pyridine rings is 1. The third-order valence-corrected chi connectivity index (χ3v) is 3.68. The molecule has 0 radical (unpaired) electrons. The van der Waals surface area contributed by atoms with Crippen LogP contribution in [0.1, 0.15) is 21.1 Å². The third-order valence-electron chi connectivity index (χ3n) is 2.55. The summed E-state index contributed by atoms with van der Waals surface area (Å²) in [5.74, 6) is 0.0170. The van der Waals surface area contributed by atoms with Gasteiger partial charge in [-0.1, -0.05) is 12.2 Å². The largest absolute Gasteiger partial charge is 0.433 e. The van der Waals surface area contributed by atoms with E-state index in [-0.39, 0.29) is 16.4 Å². The number of hydrogen-bond donors (Lipinski definition) is 2. The van der Waals surface area contributed by atoms with Crippen molar-refractivity contribution in [3.8, 4) is 0 Å². The van der Waals surface area contributed by atoms with Crippen molar-refractivity contribution in [1.29, 1.82) is 0 Å². The predicted octanol–water partition coefficient (Wildman–Crippen LogP) is 3.11. The zero-order valence-electron chi connectivity index (χ0n) is 10.9. The van der Waals surface area contributed by atoms with Crippen LogP contribution in [0.3, 0.4) is 0 Å². The van der Waals surface area contributed by atoms with Gasteiger partial charge >= 0.3 is 6.18 Å². The Morgan fingerprint density at radius 1 is 1.43 bits per heavy atom. The SMILES string of the molecule is Cc1ncc(CNc2nc(C(F)(F)F)ccc2C(N)=S)s1. The summed E-state index contributed by atoms with van der Waals surface area (Å²) in [6.07, 6.45) is -2.87. The zero-order chi connectivity index (χ0) is 15.6. The maximum Gasteiger partial charge on any atom is 0.433 e. The van der Waals surface area contributed by atoms with Crippen LogP contribution in [0.4, 0.5) is 19.0 Å². The fourth-order valence-corrected chi connectivity index (χ4v) is 2.51. The number of rotatable bonds is 4. The summed E-state index contributed by atoms with van der Waals surface area (Å²) < 4.78 is 38.1. The van der Waals surface area contributed by atoms with Gasteiger partial charge in [-0.15, -0.1) is 11.3 Å². The van der Waals surface area contributed by atoms with Gasteiger partial charge in [0.05, 0.1) is 17.1 Å². The van der Waals surface area contributed by atoms with Crippen LogP contribution in [0.2, 0.25) is 0 Å². The van der Waals surface area contributed by atoms with Gasteiger partial charge in [0, 0.05) is 11.1 Å². The van der Waals surface area contributed by atoms with Crippen molar-refractivity contribution in [2.24, 2.45) is 5.73 Å². The normalized spacial score (nSPS) is 11.4. The van der Waals surface area contributed by atoms with Crippen molar-refractivity contribution in [1.82, 2.24) is 9.97 Å². The van der Waals surface area contributed by atoms with E-state index in [1.165, 1.54) is 17.4 Å². The topological polar surface area (TPSA) is 63.8 Å². The molecule has 2 aromatic rings. The minimum Gasteiger partial charge on any atom is -0.389 e. The molecule has 0 aromatic carbocycles. The molecule has 0 aliphatic heterocycles. The molecule has 21 heavy (non-hydrogen) atoms.